The molecule has 2 aromatic rings. The minimum atomic E-state index is 0.239. The van der Waals surface area contributed by atoms with Crippen molar-refractivity contribution in [3.05, 3.63) is 63.4 Å². The maximum Gasteiger partial charge on any atom is 0.0718 e. The first-order chi connectivity index (χ1) is 10.1. The highest BCUT2D eigenvalue weighted by Gasteiger charge is 2.16. The van der Waals surface area contributed by atoms with Crippen molar-refractivity contribution >= 4 is 15.9 Å². The maximum atomic E-state index is 4.56. The van der Waals surface area contributed by atoms with E-state index in [1.807, 2.05) is 12.3 Å². The molecular weight excluding hydrogens is 324 g/mol. The monoisotopic (exact) mass is 346 g/mol. The minimum Gasteiger partial charge on any atom is -0.308 e. The van der Waals surface area contributed by atoms with Crippen molar-refractivity contribution in [2.24, 2.45) is 0 Å². The van der Waals surface area contributed by atoms with Gasteiger partial charge in [0.25, 0.3) is 0 Å². The molecule has 0 fully saturated rings. The molecule has 0 saturated carbocycles. The van der Waals surface area contributed by atoms with Gasteiger partial charge in [0.15, 0.2) is 0 Å². The number of hydrogen-bond acceptors (Lipinski definition) is 2. The first kappa shape index (κ1) is 16.2. The second-order valence-corrected chi connectivity index (χ2v) is 6.35. The summed E-state index contributed by atoms with van der Waals surface area (Å²) >= 11 is 3.63. The zero-order chi connectivity index (χ0) is 15.2. The smallest absolute Gasteiger partial charge is 0.0718 e. The molecule has 0 aliphatic carbocycles. The van der Waals surface area contributed by atoms with E-state index in [0.29, 0.717) is 0 Å². The number of halogens is 1. The summed E-state index contributed by atoms with van der Waals surface area (Å²) in [6.45, 7) is 7.51. The Labute approximate surface area is 136 Å². The van der Waals surface area contributed by atoms with Gasteiger partial charge in [0.2, 0.25) is 0 Å². The molecule has 1 atom stereocenters. The Morgan fingerprint density at radius 2 is 2.00 bits per heavy atom. The second kappa shape index (κ2) is 7.71. The summed E-state index contributed by atoms with van der Waals surface area (Å²) in [6, 6.07) is 11.0. The zero-order valence-electron chi connectivity index (χ0n) is 13.0. The molecule has 0 spiro atoms. The fraction of sp³-hybridized carbons (Fsp3) is 0.389. The van der Waals surface area contributed by atoms with Crippen LogP contribution in [0.1, 0.15) is 41.8 Å². The lowest BCUT2D eigenvalue weighted by atomic mass is 9.99. The van der Waals surface area contributed by atoms with E-state index in [1.165, 1.54) is 16.7 Å². The number of rotatable bonds is 6. The lowest BCUT2D eigenvalue weighted by Gasteiger charge is -2.20. The summed E-state index contributed by atoms with van der Waals surface area (Å²) in [7, 11) is 0. The summed E-state index contributed by atoms with van der Waals surface area (Å²) in [6.07, 6.45) is 3.94. The standard InChI is InChI=1S/C18H23BrN2/c1-4-9-20-17(18-16(19)6-5-10-21-18)12-15-8-7-13(2)14(3)11-15/h5-8,10-11,17,20H,4,9,12H2,1-3H3. The van der Waals surface area contributed by atoms with Gasteiger partial charge in [-0.3, -0.25) is 4.98 Å². The van der Waals surface area contributed by atoms with E-state index >= 15 is 0 Å². The topological polar surface area (TPSA) is 24.9 Å². The van der Waals surface area contributed by atoms with Crippen LogP contribution >= 0.6 is 15.9 Å². The van der Waals surface area contributed by atoms with E-state index in [2.05, 4.69) is 71.3 Å². The van der Waals surface area contributed by atoms with E-state index < -0.39 is 0 Å². The van der Waals surface area contributed by atoms with Crippen molar-refractivity contribution in [3.63, 3.8) is 0 Å². The van der Waals surface area contributed by atoms with Gasteiger partial charge in [0.05, 0.1) is 11.7 Å². The van der Waals surface area contributed by atoms with Crippen molar-refractivity contribution in [2.45, 2.75) is 39.7 Å². The van der Waals surface area contributed by atoms with E-state index in [9.17, 15) is 0 Å². The van der Waals surface area contributed by atoms with Crippen LogP contribution in [0.15, 0.2) is 41.0 Å². The lowest BCUT2D eigenvalue weighted by molar-refractivity contribution is 0.516. The van der Waals surface area contributed by atoms with Crippen LogP contribution in [0.5, 0.6) is 0 Å². The lowest BCUT2D eigenvalue weighted by Crippen LogP contribution is -2.25. The van der Waals surface area contributed by atoms with Crippen LogP contribution in [-0.4, -0.2) is 11.5 Å². The van der Waals surface area contributed by atoms with Gasteiger partial charge in [0.1, 0.15) is 0 Å². The molecule has 1 aromatic heterocycles. The molecule has 3 heteroatoms. The van der Waals surface area contributed by atoms with Gasteiger partial charge in [-0.05, 0) is 78.0 Å². The van der Waals surface area contributed by atoms with Crippen molar-refractivity contribution in [1.29, 1.82) is 0 Å². The van der Waals surface area contributed by atoms with Gasteiger partial charge in [-0.25, -0.2) is 0 Å². The van der Waals surface area contributed by atoms with Gasteiger partial charge in [-0.1, -0.05) is 25.1 Å². The van der Waals surface area contributed by atoms with Crippen LogP contribution in [0.25, 0.3) is 0 Å². The van der Waals surface area contributed by atoms with Crippen LogP contribution in [-0.2, 0) is 6.42 Å². The van der Waals surface area contributed by atoms with Crippen LogP contribution < -0.4 is 5.32 Å². The normalized spacial score (nSPS) is 12.4. The molecule has 112 valence electrons. The SMILES string of the molecule is CCCNC(Cc1ccc(C)c(C)c1)c1ncccc1Br. The van der Waals surface area contributed by atoms with Crippen molar-refractivity contribution in [1.82, 2.24) is 10.3 Å². The number of nitrogens with one attached hydrogen (secondary N) is 1. The van der Waals surface area contributed by atoms with Gasteiger partial charge in [-0.15, -0.1) is 0 Å². The first-order valence-corrected chi connectivity index (χ1v) is 8.31. The highest BCUT2D eigenvalue weighted by molar-refractivity contribution is 9.10. The van der Waals surface area contributed by atoms with Gasteiger partial charge in [-0.2, -0.15) is 0 Å². The molecule has 0 radical (unpaired) electrons. The highest BCUT2D eigenvalue weighted by Crippen LogP contribution is 2.24. The molecule has 1 unspecified atom stereocenters. The van der Waals surface area contributed by atoms with E-state index in [4.69, 9.17) is 0 Å². The summed E-state index contributed by atoms with van der Waals surface area (Å²) in [5.41, 5.74) is 5.13. The van der Waals surface area contributed by atoms with Crippen LogP contribution in [0, 0.1) is 13.8 Å². The maximum absolute atomic E-state index is 4.56. The van der Waals surface area contributed by atoms with E-state index in [1.54, 1.807) is 0 Å². The highest BCUT2D eigenvalue weighted by atomic mass is 79.9. The number of nitrogens with zero attached hydrogens (tertiary/aromatic N) is 1. The Balaban J connectivity index is 2.24. The number of aryl methyl sites for hydroxylation is 2. The minimum absolute atomic E-state index is 0.239. The number of benzene rings is 1. The third-order valence-corrected chi connectivity index (χ3v) is 4.44. The molecule has 0 amide bonds. The van der Waals surface area contributed by atoms with E-state index in [-0.39, 0.29) is 6.04 Å². The molecule has 1 heterocycles. The third kappa shape index (κ3) is 4.39. The quantitative estimate of drug-likeness (QED) is 0.816. The van der Waals surface area contributed by atoms with Gasteiger partial charge < -0.3 is 5.32 Å². The molecular formula is C18H23BrN2. The predicted molar refractivity (Wildman–Crippen MR) is 92.6 cm³/mol. The summed E-state index contributed by atoms with van der Waals surface area (Å²) < 4.78 is 1.07. The van der Waals surface area contributed by atoms with Gasteiger partial charge in [0, 0.05) is 10.7 Å². The fourth-order valence-electron chi connectivity index (χ4n) is 2.40. The number of pyridine rings is 1. The molecule has 2 nitrogen and oxygen atoms in total. The third-order valence-electron chi connectivity index (χ3n) is 3.77. The average Bonchev–Trinajstić information content (AvgIpc) is 2.48. The Hall–Kier alpha value is -1.19. The van der Waals surface area contributed by atoms with Crippen LogP contribution in [0.2, 0.25) is 0 Å². The number of hydrogen-bond donors (Lipinski definition) is 1. The molecule has 2 rings (SSSR count). The van der Waals surface area contributed by atoms with Crippen molar-refractivity contribution < 1.29 is 0 Å². The summed E-state index contributed by atoms with van der Waals surface area (Å²) in [5, 5.41) is 3.62. The van der Waals surface area contributed by atoms with Crippen molar-refractivity contribution in [2.75, 3.05) is 6.54 Å². The molecule has 0 bridgehead atoms. The predicted octanol–water partition coefficient (Wildman–Crippen LogP) is 4.74. The second-order valence-electron chi connectivity index (χ2n) is 5.50. The Morgan fingerprint density at radius 3 is 2.67 bits per heavy atom. The Kier molecular flexibility index (Phi) is 5.95. The van der Waals surface area contributed by atoms with Crippen molar-refractivity contribution in [3.8, 4) is 0 Å². The Bertz CT molecular complexity index is 596. The first-order valence-electron chi connectivity index (χ1n) is 7.51. The Morgan fingerprint density at radius 1 is 1.19 bits per heavy atom. The van der Waals surface area contributed by atoms with E-state index in [0.717, 1.165) is 29.6 Å². The summed E-state index contributed by atoms with van der Waals surface area (Å²) in [4.78, 5) is 4.56. The molecule has 0 aliphatic rings. The van der Waals surface area contributed by atoms with Gasteiger partial charge >= 0.3 is 0 Å². The summed E-state index contributed by atoms with van der Waals surface area (Å²) in [5.74, 6) is 0. The van der Waals surface area contributed by atoms with Crippen LogP contribution in [0.4, 0.5) is 0 Å². The molecule has 1 aromatic carbocycles. The zero-order valence-corrected chi connectivity index (χ0v) is 14.6. The fourth-order valence-corrected chi connectivity index (χ4v) is 2.94. The number of aromatic nitrogens is 1. The molecule has 21 heavy (non-hydrogen) atoms. The average molecular weight is 347 g/mol. The molecule has 0 saturated heterocycles. The van der Waals surface area contributed by atoms with Crippen LogP contribution in [0.3, 0.4) is 0 Å². The molecule has 1 N–H and O–H groups in total. The largest absolute Gasteiger partial charge is 0.308 e. The molecule has 0 aliphatic heterocycles.